The first kappa shape index (κ1) is 24.6. The number of nitrogens with one attached hydrogen (secondary N) is 1. The van der Waals surface area contributed by atoms with E-state index >= 15 is 0 Å². The monoisotopic (exact) mass is 545 g/mol. The summed E-state index contributed by atoms with van der Waals surface area (Å²) in [6, 6.07) is -0.884. The molecule has 192 valence electrons. The third-order valence-electron chi connectivity index (χ3n) is 7.34. The molecule has 38 heavy (non-hydrogen) atoms. The number of hydrogen-bond donors (Lipinski definition) is 1. The Hall–Kier alpha value is -3.74. The highest BCUT2D eigenvalue weighted by atomic mass is 35.5. The zero-order valence-electron chi connectivity index (χ0n) is 20.3. The molecule has 1 N–H and O–H groups in total. The molecular weight excluding hydrogens is 522 g/mol. The summed E-state index contributed by atoms with van der Waals surface area (Å²) >= 11 is 8.02. The maximum absolute atomic E-state index is 13.8. The van der Waals surface area contributed by atoms with Crippen molar-refractivity contribution in [2.45, 2.75) is 31.8 Å². The molecule has 4 heterocycles. The largest absolute Gasteiger partial charge is 0.334 e. The van der Waals surface area contributed by atoms with E-state index in [4.69, 9.17) is 11.6 Å². The molecule has 0 saturated carbocycles. The average Bonchev–Trinajstić information content (AvgIpc) is 3.72. The van der Waals surface area contributed by atoms with Gasteiger partial charge in [-0.2, -0.15) is 0 Å². The highest BCUT2D eigenvalue weighted by Gasteiger charge is 2.48. The van der Waals surface area contributed by atoms with Crippen molar-refractivity contribution in [3.05, 3.63) is 75.9 Å². The minimum atomic E-state index is -0.884. The van der Waals surface area contributed by atoms with Crippen LogP contribution in [0.25, 0.3) is 0 Å². The molecule has 4 aliphatic rings. The van der Waals surface area contributed by atoms with Gasteiger partial charge in [0.1, 0.15) is 6.29 Å². The van der Waals surface area contributed by atoms with E-state index in [1.807, 2.05) is 24.3 Å². The van der Waals surface area contributed by atoms with Gasteiger partial charge in [-0.05, 0) is 25.3 Å². The predicted octanol–water partition coefficient (Wildman–Crippen LogP) is 3.81. The molecule has 2 aromatic rings. The van der Waals surface area contributed by atoms with E-state index in [0.29, 0.717) is 40.0 Å². The molecule has 1 fully saturated rings. The number of hydrogen-bond acceptors (Lipinski definition) is 6. The van der Waals surface area contributed by atoms with E-state index in [9.17, 15) is 14.4 Å². The van der Waals surface area contributed by atoms with Crippen LogP contribution in [0.15, 0.2) is 64.5 Å². The van der Waals surface area contributed by atoms with Crippen LogP contribution in [0.1, 0.15) is 30.3 Å². The van der Waals surface area contributed by atoms with Crippen LogP contribution in [0.3, 0.4) is 0 Å². The number of aldehydes is 1. The average molecular weight is 546 g/mol. The van der Waals surface area contributed by atoms with Gasteiger partial charge in [0.25, 0.3) is 5.91 Å². The van der Waals surface area contributed by atoms with Crippen molar-refractivity contribution >= 4 is 46.2 Å². The number of carbonyl (C=O) groups excluding carboxylic acids is 3. The smallest absolute Gasteiger partial charge is 0.255 e. The Bertz CT molecular complexity index is 1490. The molecular formula is C28H24ClN5O3S. The van der Waals surface area contributed by atoms with E-state index in [-0.39, 0.29) is 23.7 Å². The summed E-state index contributed by atoms with van der Waals surface area (Å²) in [4.78, 5) is 48.7. The number of nitrogens with zero attached hydrogens (tertiary/aromatic N) is 4. The standard InChI is InChI=1S/C28H24ClN5O3S/c29-22-13-19(8-5-17-3-6-18(15-35)7-4-17)12-20-21(22)14-34(27(20)37)25(26(36)32-28-30-9-11-38-28)24-23-2-1-10-33(23)16-31-24/h3,6-7,9,11-13,15-17,20-21,25H,1-2,4,10,14H2,(H,30,32,36). The van der Waals surface area contributed by atoms with Crippen molar-refractivity contribution in [3.63, 3.8) is 0 Å². The van der Waals surface area contributed by atoms with Crippen LogP contribution in [-0.4, -0.2) is 44.1 Å². The second-order valence-corrected chi connectivity index (χ2v) is 11.0. The topological polar surface area (TPSA) is 97.2 Å². The normalized spacial score (nSPS) is 24.4. The molecule has 2 amide bonds. The Kier molecular flexibility index (Phi) is 6.60. The summed E-state index contributed by atoms with van der Waals surface area (Å²) < 4.78 is 2.06. The Morgan fingerprint density at radius 3 is 3.00 bits per heavy atom. The Morgan fingerprint density at radius 2 is 2.24 bits per heavy atom. The van der Waals surface area contributed by atoms with E-state index in [0.717, 1.165) is 31.4 Å². The number of halogens is 1. The highest BCUT2D eigenvalue weighted by Crippen LogP contribution is 2.42. The van der Waals surface area contributed by atoms with Crippen molar-refractivity contribution in [3.8, 4) is 11.8 Å². The molecule has 6 rings (SSSR count). The lowest BCUT2D eigenvalue weighted by Crippen LogP contribution is -2.39. The minimum absolute atomic E-state index is 0.0118. The van der Waals surface area contributed by atoms with Crippen molar-refractivity contribution in [2.75, 3.05) is 11.9 Å². The number of fused-ring (bicyclic) bond motifs is 2. The van der Waals surface area contributed by atoms with E-state index < -0.39 is 12.0 Å². The van der Waals surface area contributed by atoms with Crippen LogP contribution in [0.5, 0.6) is 0 Å². The lowest BCUT2D eigenvalue weighted by Gasteiger charge is -2.26. The molecule has 0 radical (unpaired) electrons. The van der Waals surface area contributed by atoms with Crippen LogP contribution in [0, 0.1) is 29.6 Å². The first-order valence-electron chi connectivity index (χ1n) is 12.5. The van der Waals surface area contributed by atoms with Gasteiger partial charge in [0, 0.05) is 58.4 Å². The number of aryl methyl sites for hydroxylation is 1. The molecule has 4 atom stereocenters. The van der Waals surface area contributed by atoms with Crippen LogP contribution in [-0.2, 0) is 27.3 Å². The Labute approximate surface area is 228 Å². The third kappa shape index (κ3) is 4.55. The van der Waals surface area contributed by atoms with Crippen LogP contribution >= 0.6 is 22.9 Å². The van der Waals surface area contributed by atoms with Gasteiger partial charge in [-0.25, -0.2) is 9.97 Å². The third-order valence-corrected chi connectivity index (χ3v) is 8.42. The second-order valence-electron chi connectivity index (χ2n) is 9.67. The number of allylic oxidation sites excluding steroid dienone is 6. The number of rotatable bonds is 5. The first-order chi connectivity index (χ1) is 18.5. The fourth-order valence-electron chi connectivity index (χ4n) is 5.45. The van der Waals surface area contributed by atoms with Crippen LogP contribution in [0.4, 0.5) is 5.13 Å². The molecule has 4 unspecified atom stereocenters. The quantitative estimate of drug-likeness (QED) is 0.455. The summed E-state index contributed by atoms with van der Waals surface area (Å²) in [6.45, 7) is 1.16. The SMILES string of the molecule is O=CC1=CCC(C#CC2=CC3C(=O)N(C(C(=O)Nc4nccs4)c4ncn5c4CCC5)CC3C(Cl)=C2)C=C1. The van der Waals surface area contributed by atoms with Crippen molar-refractivity contribution in [1.29, 1.82) is 0 Å². The van der Waals surface area contributed by atoms with Crippen molar-refractivity contribution < 1.29 is 14.4 Å². The van der Waals surface area contributed by atoms with Crippen molar-refractivity contribution in [1.82, 2.24) is 19.4 Å². The fourth-order valence-corrected chi connectivity index (χ4v) is 6.30. The summed E-state index contributed by atoms with van der Waals surface area (Å²) in [6.07, 6.45) is 15.9. The van der Waals surface area contributed by atoms with Crippen molar-refractivity contribution in [2.24, 2.45) is 17.8 Å². The summed E-state index contributed by atoms with van der Waals surface area (Å²) in [7, 11) is 0. The number of amides is 2. The zero-order valence-corrected chi connectivity index (χ0v) is 21.9. The van der Waals surface area contributed by atoms with E-state index in [1.165, 1.54) is 11.3 Å². The maximum Gasteiger partial charge on any atom is 0.255 e. The van der Waals surface area contributed by atoms with Gasteiger partial charge in [0.2, 0.25) is 5.91 Å². The van der Waals surface area contributed by atoms with E-state index in [2.05, 4.69) is 31.7 Å². The van der Waals surface area contributed by atoms with Gasteiger partial charge in [0.15, 0.2) is 11.2 Å². The molecule has 1 saturated heterocycles. The fraction of sp³-hybridized carbons (Fsp3) is 0.321. The minimum Gasteiger partial charge on any atom is -0.334 e. The molecule has 0 aromatic carbocycles. The number of aromatic nitrogens is 3. The maximum atomic E-state index is 13.8. The van der Waals surface area contributed by atoms with Gasteiger partial charge in [-0.1, -0.05) is 47.7 Å². The van der Waals surface area contributed by atoms with Gasteiger partial charge in [0.05, 0.1) is 17.9 Å². The predicted molar refractivity (Wildman–Crippen MR) is 144 cm³/mol. The summed E-state index contributed by atoms with van der Waals surface area (Å²) in [5.41, 5.74) is 2.93. The highest BCUT2D eigenvalue weighted by molar-refractivity contribution is 7.13. The molecule has 0 spiro atoms. The number of thiazole rings is 1. The molecule has 10 heteroatoms. The van der Waals surface area contributed by atoms with Gasteiger partial charge >= 0.3 is 0 Å². The second kappa shape index (κ2) is 10.2. The molecule has 8 nitrogen and oxygen atoms in total. The van der Waals surface area contributed by atoms with Gasteiger partial charge in [-0.3, -0.25) is 19.7 Å². The molecule has 2 aromatic heterocycles. The lowest BCUT2D eigenvalue weighted by atomic mass is 9.87. The Balaban J connectivity index is 1.28. The lowest BCUT2D eigenvalue weighted by molar-refractivity contribution is -0.137. The number of anilines is 1. The zero-order chi connectivity index (χ0) is 26.2. The molecule has 2 aliphatic heterocycles. The first-order valence-corrected chi connectivity index (χ1v) is 13.8. The molecule has 2 aliphatic carbocycles. The summed E-state index contributed by atoms with van der Waals surface area (Å²) in [5, 5.41) is 5.68. The van der Waals surface area contributed by atoms with Gasteiger partial charge < -0.3 is 9.47 Å². The van der Waals surface area contributed by atoms with Crippen LogP contribution < -0.4 is 5.32 Å². The Morgan fingerprint density at radius 1 is 1.34 bits per heavy atom. The number of imidazole rings is 1. The molecule has 0 bridgehead atoms. The van der Waals surface area contributed by atoms with E-state index in [1.54, 1.807) is 28.9 Å². The van der Waals surface area contributed by atoms with Gasteiger partial charge in [-0.15, -0.1) is 11.3 Å². The number of likely N-dealkylation sites (tertiary alicyclic amines) is 1. The summed E-state index contributed by atoms with van der Waals surface area (Å²) in [5.74, 6) is 5.07. The number of carbonyl (C=O) groups is 3. The van der Waals surface area contributed by atoms with Crippen LogP contribution in [0.2, 0.25) is 0 Å².